The number of nitrogens with zero attached hydrogens (tertiary/aromatic N) is 2. The predicted molar refractivity (Wildman–Crippen MR) is 106 cm³/mol. The van der Waals surface area contributed by atoms with Crippen LogP contribution in [0.4, 0.5) is 5.69 Å². The Kier molecular flexibility index (Phi) is 6.31. The molecule has 7 heteroatoms. The molecule has 2 aromatic rings. The van der Waals surface area contributed by atoms with Crippen molar-refractivity contribution in [2.24, 2.45) is 0 Å². The van der Waals surface area contributed by atoms with Gasteiger partial charge in [-0.25, -0.2) is 4.79 Å². The molecular formula is C21H21ClN2O4. The predicted octanol–water partition coefficient (Wildman–Crippen LogP) is 3.74. The summed E-state index contributed by atoms with van der Waals surface area (Å²) in [5, 5.41) is 0.341. The van der Waals surface area contributed by atoms with Gasteiger partial charge in [0.15, 0.2) is 0 Å². The smallest absolute Gasteiger partial charge is 0.338 e. The maximum Gasteiger partial charge on any atom is 0.338 e. The van der Waals surface area contributed by atoms with Crippen LogP contribution in [0.1, 0.15) is 40.5 Å². The van der Waals surface area contributed by atoms with Crippen molar-refractivity contribution in [1.29, 1.82) is 0 Å². The molecule has 3 rings (SSSR count). The van der Waals surface area contributed by atoms with Crippen molar-refractivity contribution in [1.82, 2.24) is 4.90 Å². The van der Waals surface area contributed by atoms with E-state index in [4.69, 9.17) is 16.3 Å². The van der Waals surface area contributed by atoms with Crippen molar-refractivity contribution in [3.05, 3.63) is 64.7 Å². The SMILES string of the molecule is CCOC(=O)c1ccc(N(CN2CCCC2=O)C(=O)c2ccccc2Cl)cc1. The topological polar surface area (TPSA) is 66.9 Å². The van der Waals surface area contributed by atoms with E-state index in [2.05, 4.69) is 0 Å². The first-order valence-electron chi connectivity index (χ1n) is 9.12. The van der Waals surface area contributed by atoms with Gasteiger partial charge in [0.1, 0.15) is 6.67 Å². The Morgan fingerprint density at radius 3 is 2.46 bits per heavy atom. The highest BCUT2D eigenvalue weighted by Crippen LogP contribution is 2.24. The van der Waals surface area contributed by atoms with Gasteiger partial charge in [-0.3, -0.25) is 14.5 Å². The number of benzene rings is 2. The molecule has 0 aromatic heterocycles. The molecular weight excluding hydrogens is 380 g/mol. The molecule has 146 valence electrons. The lowest BCUT2D eigenvalue weighted by atomic mass is 10.1. The summed E-state index contributed by atoms with van der Waals surface area (Å²) in [4.78, 5) is 40.3. The zero-order chi connectivity index (χ0) is 20.1. The Hall–Kier alpha value is -2.86. The number of likely N-dealkylation sites (tertiary alicyclic amines) is 1. The summed E-state index contributed by atoms with van der Waals surface area (Å²) < 4.78 is 4.99. The summed E-state index contributed by atoms with van der Waals surface area (Å²) >= 11 is 6.21. The minimum absolute atomic E-state index is 0.0140. The molecule has 1 aliphatic heterocycles. The molecule has 1 aliphatic rings. The lowest BCUT2D eigenvalue weighted by molar-refractivity contribution is -0.127. The number of hydrogen-bond acceptors (Lipinski definition) is 4. The highest BCUT2D eigenvalue weighted by atomic mass is 35.5. The molecule has 0 atom stereocenters. The minimum Gasteiger partial charge on any atom is -0.462 e. The Balaban J connectivity index is 1.91. The van der Waals surface area contributed by atoms with E-state index in [1.54, 1.807) is 60.4 Å². The standard InChI is InChI=1S/C21H21ClN2O4/c1-2-28-21(27)15-9-11-16(12-10-15)24(14-23-13-5-8-19(23)25)20(26)17-6-3-4-7-18(17)22/h3-4,6-7,9-12H,2,5,8,13-14H2,1H3. The summed E-state index contributed by atoms with van der Waals surface area (Å²) in [6.07, 6.45) is 1.25. The van der Waals surface area contributed by atoms with Crippen LogP contribution in [0.2, 0.25) is 5.02 Å². The quantitative estimate of drug-likeness (QED) is 0.693. The first-order chi connectivity index (χ1) is 13.5. The molecule has 1 fully saturated rings. The third-order valence-electron chi connectivity index (χ3n) is 4.52. The Bertz CT molecular complexity index is 882. The van der Waals surface area contributed by atoms with Gasteiger partial charge >= 0.3 is 5.97 Å². The van der Waals surface area contributed by atoms with Crippen LogP contribution in [0.5, 0.6) is 0 Å². The number of rotatable bonds is 6. The van der Waals surface area contributed by atoms with E-state index in [1.165, 1.54) is 4.90 Å². The zero-order valence-corrected chi connectivity index (χ0v) is 16.3. The minimum atomic E-state index is -0.423. The van der Waals surface area contributed by atoms with Crippen LogP contribution in [0.25, 0.3) is 0 Å². The molecule has 2 amide bonds. The van der Waals surface area contributed by atoms with E-state index in [0.717, 1.165) is 6.42 Å². The molecule has 6 nitrogen and oxygen atoms in total. The maximum absolute atomic E-state index is 13.2. The van der Waals surface area contributed by atoms with Crippen LogP contribution in [-0.2, 0) is 9.53 Å². The van der Waals surface area contributed by atoms with Crippen LogP contribution >= 0.6 is 11.6 Å². The highest BCUT2D eigenvalue weighted by molar-refractivity contribution is 6.34. The first-order valence-corrected chi connectivity index (χ1v) is 9.50. The molecule has 0 N–H and O–H groups in total. The summed E-state index contributed by atoms with van der Waals surface area (Å²) in [6.45, 7) is 2.76. The zero-order valence-electron chi connectivity index (χ0n) is 15.6. The van der Waals surface area contributed by atoms with Crippen molar-refractivity contribution in [3.63, 3.8) is 0 Å². The number of carbonyl (C=O) groups is 3. The number of ether oxygens (including phenoxy) is 1. The molecule has 0 saturated carbocycles. The number of halogens is 1. The van der Waals surface area contributed by atoms with E-state index in [-0.39, 0.29) is 25.1 Å². The molecule has 28 heavy (non-hydrogen) atoms. The number of anilines is 1. The fourth-order valence-corrected chi connectivity index (χ4v) is 3.28. The summed E-state index contributed by atoms with van der Waals surface area (Å²) in [5.41, 5.74) is 1.32. The lowest BCUT2D eigenvalue weighted by Gasteiger charge is -2.28. The summed E-state index contributed by atoms with van der Waals surface area (Å²) in [6, 6.07) is 13.3. The molecule has 1 saturated heterocycles. The van der Waals surface area contributed by atoms with E-state index in [0.29, 0.717) is 34.8 Å². The van der Waals surface area contributed by atoms with Gasteiger partial charge in [-0.15, -0.1) is 0 Å². The molecule has 0 spiro atoms. The van der Waals surface area contributed by atoms with Crippen LogP contribution < -0.4 is 4.90 Å². The van der Waals surface area contributed by atoms with Crippen LogP contribution in [0, 0.1) is 0 Å². The van der Waals surface area contributed by atoms with E-state index in [9.17, 15) is 14.4 Å². The average Bonchev–Trinajstić information content (AvgIpc) is 3.11. The molecule has 0 unspecified atom stereocenters. The Labute approximate surface area is 168 Å². The van der Waals surface area contributed by atoms with Crippen LogP contribution in [0.3, 0.4) is 0 Å². The lowest BCUT2D eigenvalue weighted by Crippen LogP contribution is -2.42. The van der Waals surface area contributed by atoms with Crippen molar-refractivity contribution < 1.29 is 19.1 Å². The number of carbonyl (C=O) groups excluding carboxylic acids is 3. The second kappa shape index (κ2) is 8.89. The number of amides is 2. The molecule has 0 aliphatic carbocycles. The van der Waals surface area contributed by atoms with Gasteiger partial charge in [0, 0.05) is 18.7 Å². The largest absolute Gasteiger partial charge is 0.462 e. The van der Waals surface area contributed by atoms with E-state index in [1.807, 2.05) is 0 Å². The first kappa shape index (κ1) is 19.9. The number of esters is 1. The highest BCUT2D eigenvalue weighted by Gasteiger charge is 2.27. The van der Waals surface area contributed by atoms with Gasteiger partial charge in [-0.1, -0.05) is 23.7 Å². The molecule has 2 aromatic carbocycles. The average molecular weight is 401 g/mol. The van der Waals surface area contributed by atoms with Gasteiger partial charge < -0.3 is 9.64 Å². The van der Waals surface area contributed by atoms with Gasteiger partial charge in [-0.2, -0.15) is 0 Å². The normalized spacial score (nSPS) is 13.5. The van der Waals surface area contributed by atoms with E-state index < -0.39 is 5.97 Å². The Morgan fingerprint density at radius 1 is 1.14 bits per heavy atom. The fourth-order valence-electron chi connectivity index (χ4n) is 3.06. The van der Waals surface area contributed by atoms with Crippen molar-refractivity contribution in [2.75, 3.05) is 24.7 Å². The third kappa shape index (κ3) is 4.34. The second-order valence-corrected chi connectivity index (χ2v) is 6.79. The molecule has 1 heterocycles. The summed E-state index contributed by atoms with van der Waals surface area (Å²) in [5.74, 6) is -0.720. The Morgan fingerprint density at radius 2 is 1.86 bits per heavy atom. The third-order valence-corrected chi connectivity index (χ3v) is 4.85. The van der Waals surface area contributed by atoms with Gasteiger partial charge in [-0.05, 0) is 49.7 Å². The molecule has 0 radical (unpaired) electrons. The fraction of sp³-hybridized carbons (Fsp3) is 0.286. The van der Waals surface area contributed by atoms with Crippen molar-refractivity contribution >= 4 is 35.1 Å². The summed E-state index contributed by atoms with van der Waals surface area (Å²) in [7, 11) is 0. The van der Waals surface area contributed by atoms with Crippen LogP contribution in [-0.4, -0.2) is 42.5 Å². The van der Waals surface area contributed by atoms with Crippen molar-refractivity contribution in [3.8, 4) is 0 Å². The van der Waals surface area contributed by atoms with Crippen LogP contribution in [0.15, 0.2) is 48.5 Å². The second-order valence-electron chi connectivity index (χ2n) is 6.38. The van der Waals surface area contributed by atoms with Crippen molar-refractivity contribution in [2.45, 2.75) is 19.8 Å². The number of hydrogen-bond donors (Lipinski definition) is 0. The van der Waals surface area contributed by atoms with Gasteiger partial charge in [0.2, 0.25) is 5.91 Å². The molecule has 0 bridgehead atoms. The monoisotopic (exact) mass is 400 g/mol. The maximum atomic E-state index is 13.2. The van der Waals surface area contributed by atoms with E-state index >= 15 is 0 Å². The van der Waals surface area contributed by atoms with Gasteiger partial charge in [0.25, 0.3) is 5.91 Å². The van der Waals surface area contributed by atoms with Gasteiger partial charge in [0.05, 0.1) is 22.8 Å².